The van der Waals surface area contributed by atoms with Crippen LogP contribution in [0.25, 0.3) is 0 Å². The number of hydrogen-bond donors (Lipinski definition) is 0. The smallest absolute Gasteiger partial charge is 0.337 e. The first-order chi connectivity index (χ1) is 8.55. The normalized spacial score (nSPS) is 11.2. The summed E-state index contributed by atoms with van der Waals surface area (Å²) >= 11 is 0. The quantitative estimate of drug-likeness (QED) is 0.789. The Morgan fingerprint density at radius 2 is 1.67 bits per heavy atom. The van der Waals surface area contributed by atoms with Crippen molar-refractivity contribution in [1.29, 1.82) is 0 Å². The molecule has 0 aliphatic rings. The van der Waals surface area contributed by atoms with Crippen molar-refractivity contribution in [2.24, 2.45) is 0 Å². The van der Waals surface area contributed by atoms with Crippen molar-refractivity contribution < 1.29 is 17.9 Å². The lowest BCUT2D eigenvalue weighted by atomic mass is 10.2. The maximum absolute atomic E-state index is 12.1. The third-order valence-corrected chi connectivity index (χ3v) is 4.09. The predicted molar refractivity (Wildman–Crippen MR) is 64.8 cm³/mol. The van der Waals surface area contributed by atoms with Crippen LogP contribution in [0.1, 0.15) is 10.4 Å². The molecule has 1 aromatic heterocycles. The molecular formula is C12H11NO4S. The maximum Gasteiger partial charge on any atom is 0.337 e. The molecule has 94 valence electrons. The summed E-state index contributed by atoms with van der Waals surface area (Å²) < 4.78 is 29.8. The van der Waals surface area contributed by atoms with E-state index in [1.165, 1.54) is 43.8 Å². The van der Waals surface area contributed by atoms with Crippen LogP contribution >= 0.6 is 0 Å². The Bertz CT molecular complexity index is 642. The lowest BCUT2D eigenvalue weighted by Crippen LogP contribution is -2.11. The molecule has 6 heteroatoms. The minimum absolute atomic E-state index is 0.117. The van der Waals surface area contributed by atoms with Crippen LogP contribution in [0.5, 0.6) is 0 Å². The first-order valence-electron chi connectivity index (χ1n) is 5.12. The predicted octanol–water partition coefficient (Wildman–Crippen LogP) is 1.51. The van der Waals surface area contributed by atoms with Gasteiger partial charge in [-0.3, -0.25) is 0 Å². The van der Waals surface area contributed by atoms with Crippen LogP contribution < -0.4 is 0 Å². The molecule has 2 aromatic rings. The molecule has 0 aliphatic heterocycles. The van der Waals surface area contributed by atoms with E-state index in [9.17, 15) is 13.2 Å². The van der Waals surface area contributed by atoms with E-state index >= 15 is 0 Å². The van der Waals surface area contributed by atoms with Gasteiger partial charge < -0.3 is 4.74 Å². The van der Waals surface area contributed by atoms with E-state index < -0.39 is 16.0 Å². The van der Waals surface area contributed by atoms with Crippen molar-refractivity contribution in [1.82, 2.24) is 3.97 Å². The lowest BCUT2D eigenvalue weighted by Gasteiger charge is -2.06. The molecule has 1 heterocycles. The first-order valence-corrected chi connectivity index (χ1v) is 6.56. The van der Waals surface area contributed by atoms with Crippen LogP contribution in [0.4, 0.5) is 0 Å². The third-order valence-electron chi connectivity index (χ3n) is 2.43. The summed E-state index contributed by atoms with van der Waals surface area (Å²) in [6, 6.07) is 8.84. The van der Waals surface area contributed by atoms with Crippen molar-refractivity contribution in [3.05, 3.63) is 54.4 Å². The molecule has 0 spiro atoms. The van der Waals surface area contributed by atoms with Crippen LogP contribution in [0.15, 0.2) is 53.7 Å². The van der Waals surface area contributed by atoms with Gasteiger partial charge in [-0.1, -0.05) is 0 Å². The fourth-order valence-electron chi connectivity index (χ4n) is 1.48. The van der Waals surface area contributed by atoms with Gasteiger partial charge in [0.1, 0.15) is 0 Å². The second-order valence-electron chi connectivity index (χ2n) is 3.53. The largest absolute Gasteiger partial charge is 0.465 e. The Kier molecular flexibility index (Phi) is 3.20. The Balaban J connectivity index is 2.39. The second kappa shape index (κ2) is 4.66. The highest BCUT2D eigenvalue weighted by atomic mass is 32.2. The van der Waals surface area contributed by atoms with E-state index in [4.69, 9.17) is 0 Å². The number of aromatic nitrogens is 1. The summed E-state index contributed by atoms with van der Waals surface area (Å²) in [6.07, 6.45) is 2.90. The standard InChI is InChI=1S/C12H11NO4S/c1-17-12(14)10-4-6-11(7-5-10)18(15,16)13-8-2-3-9-13/h2-9H,1H3. The number of carbonyl (C=O) groups is 1. The summed E-state index contributed by atoms with van der Waals surface area (Å²) in [5.41, 5.74) is 0.309. The summed E-state index contributed by atoms with van der Waals surface area (Å²) in [4.78, 5) is 11.3. The highest BCUT2D eigenvalue weighted by Crippen LogP contribution is 2.15. The van der Waals surface area contributed by atoms with Crippen molar-refractivity contribution in [2.45, 2.75) is 4.90 Å². The van der Waals surface area contributed by atoms with Gasteiger partial charge in [-0.25, -0.2) is 17.2 Å². The molecule has 0 atom stereocenters. The monoisotopic (exact) mass is 265 g/mol. The van der Waals surface area contributed by atoms with Crippen molar-refractivity contribution in [3.63, 3.8) is 0 Å². The molecule has 2 rings (SSSR count). The second-order valence-corrected chi connectivity index (χ2v) is 5.38. The molecule has 0 N–H and O–H groups in total. The van der Waals surface area contributed by atoms with Crippen molar-refractivity contribution >= 4 is 16.0 Å². The molecule has 18 heavy (non-hydrogen) atoms. The summed E-state index contributed by atoms with van der Waals surface area (Å²) in [5.74, 6) is -0.500. The topological polar surface area (TPSA) is 65.4 Å². The Labute approximate surface area is 105 Å². The fourth-order valence-corrected chi connectivity index (χ4v) is 2.67. The number of esters is 1. The van der Waals surface area contributed by atoms with E-state index in [-0.39, 0.29) is 4.90 Å². The van der Waals surface area contributed by atoms with Gasteiger partial charge in [0.15, 0.2) is 0 Å². The van der Waals surface area contributed by atoms with Crippen molar-refractivity contribution in [3.8, 4) is 0 Å². The number of rotatable bonds is 3. The van der Waals surface area contributed by atoms with Gasteiger partial charge in [-0.05, 0) is 36.4 Å². The van der Waals surface area contributed by atoms with Crippen LogP contribution in [0.3, 0.4) is 0 Å². The summed E-state index contributed by atoms with van der Waals surface area (Å²) in [6.45, 7) is 0. The number of nitrogens with zero attached hydrogens (tertiary/aromatic N) is 1. The molecule has 1 aromatic carbocycles. The Morgan fingerprint density at radius 1 is 1.11 bits per heavy atom. The zero-order valence-electron chi connectivity index (χ0n) is 9.61. The molecule has 0 saturated carbocycles. The van der Waals surface area contributed by atoms with Gasteiger partial charge >= 0.3 is 5.97 Å². The van der Waals surface area contributed by atoms with Gasteiger partial charge in [0, 0.05) is 12.4 Å². The number of carbonyl (C=O) groups excluding carboxylic acids is 1. The van der Waals surface area contributed by atoms with E-state index in [0.717, 1.165) is 3.97 Å². The van der Waals surface area contributed by atoms with Gasteiger partial charge in [-0.2, -0.15) is 0 Å². The summed E-state index contributed by atoms with van der Waals surface area (Å²) in [5, 5.41) is 0. The molecule has 0 unspecified atom stereocenters. The number of benzene rings is 1. The zero-order chi connectivity index (χ0) is 13.2. The van der Waals surface area contributed by atoms with Gasteiger partial charge in [0.2, 0.25) is 0 Å². The molecule has 0 saturated heterocycles. The molecule has 0 radical (unpaired) electrons. The van der Waals surface area contributed by atoms with E-state index in [2.05, 4.69) is 4.74 Å². The lowest BCUT2D eigenvalue weighted by molar-refractivity contribution is 0.0600. The van der Waals surface area contributed by atoms with E-state index in [0.29, 0.717) is 5.56 Å². The first kappa shape index (κ1) is 12.4. The van der Waals surface area contributed by atoms with Gasteiger partial charge in [0.25, 0.3) is 10.0 Å². The SMILES string of the molecule is COC(=O)c1ccc(S(=O)(=O)n2cccc2)cc1. The molecule has 0 amide bonds. The Hall–Kier alpha value is -2.08. The third kappa shape index (κ3) is 2.14. The molecular weight excluding hydrogens is 254 g/mol. The highest BCUT2D eigenvalue weighted by molar-refractivity contribution is 7.90. The molecule has 0 fully saturated rings. The van der Waals surface area contributed by atoms with Crippen LogP contribution in [-0.2, 0) is 14.8 Å². The van der Waals surface area contributed by atoms with Gasteiger partial charge in [-0.15, -0.1) is 0 Å². The minimum atomic E-state index is -3.58. The van der Waals surface area contributed by atoms with Crippen LogP contribution in [-0.4, -0.2) is 25.5 Å². The van der Waals surface area contributed by atoms with E-state index in [1.807, 2.05) is 0 Å². The molecule has 5 nitrogen and oxygen atoms in total. The van der Waals surface area contributed by atoms with E-state index in [1.54, 1.807) is 12.1 Å². The fraction of sp³-hybridized carbons (Fsp3) is 0.0833. The average molecular weight is 265 g/mol. The molecule has 0 bridgehead atoms. The highest BCUT2D eigenvalue weighted by Gasteiger charge is 2.16. The maximum atomic E-state index is 12.1. The number of ether oxygens (including phenoxy) is 1. The zero-order valence-corrected chi connectivity index (χ0v) is 10.4. The molecule has 0 aliphatic carbocycles. The number of methoxy groups -OCH3 is 1. The van der Waals surface area contributed by atoms with Crippen LogP contribution in [0.2, 0.25) is 0 Å². The van der Waals surface area contributed by atoms with Gasteiger partial charge in [0.05, 0.1) is 17.6 Å². The average Bonchev–Trinajstić information content (AvgIpc) is 2.92. The minimum Gasteiger partial charge on any atom is -0.465 e. The van der Waals surface area contributed by atoms with Crippen molar-refractivity contribution in [2.75, 3.05) is 7.11 Å². The number of hydrogen-bond acceptors (Lipinski definition) is 4. The van der Waals surface area contributed by atoms with Crippen LogP contribution in [0, 0.1) is 0 Å². The Morgan fingerprint density at radius 3 is 2.17 bits per heavy atom. The summed E-state index contributed by atoms with van der Waals surface area (Å²) in [7, 11) is -2.31.